The monoisotopic (exact) mass is 376 g/mol. The van der Waals surface area contributed by atoms with Crippen molar-refractivity contribution in [1.82, 2.24) is 0 Å². The maximum absolute atomic E-state index is 9.30. The highest BCUT2D eigenvalue weighted by molar-refractivity contribution is 7.81. The molecule has 6 heteroatoms. The van der Waals surface area contributed by atoms with Crippen molar-refractivity contribution in [1.29, 1.82) is 5.41 Å². The molecule has 0 atom stereocenters. The van der Waals surface area contributed by atoms with Crippen LogP contribution in [0.5, 0.6) is 0 Å². The van der Waals surface area contributed by atoms with Crippen LogP contribution in [0.4, 0.5) is 17.1 Å². The predicted octanol–water partition coefficient (Wildman–Crippen LogP) is 4.55. The minimum absolute atomic E-state index is 0.00446. The van der Waals surface area contributed by atoms with Gasteiger partial charge in [0.25, 0.3) is 0 Å². The summed E-state index contributed by atoms with van der Waals surface area (Å²) in [6.07, 6.45) is 2.85. The molecular weight excluding hydrogens is 356 g/mol. The van der Waals surface area contributed by atoms with Crippen LogP contribution < -0.4 is 9.80 Å². The zero-order valence-corrected chi connectivity index (χ0v) is 15.9. The Labute approximate surface area is 164 Å². The van der Waals surface area contributed by atoms with Crippen LogP contribution in [0.1, 0.15) is 30.4 Å². The molecule has 0 bridgehead atoms. The number of benzene rings is 2. The predicted molar refractivity (Wildman–Crippen MR) is 112 cm³/mol. The fourth-order valence-electron chi connectivity index (χ4n) is 3.92. The zero-order valence-electron chi connectivity index (χ0n) is 15.1. The van der Waals surface area contributed by atoms with E-state index in [1.807, 2.05) is 48.2 Å². The van der Waals surface area contributed by atoms with Gasteiger partial charge in [0.1, 0.15) is 11.4 Å². The zero-order chi connectivity index (χ0) is 19.2. The van der Waals surface area contributed by atoms with Gasteiger partial charge in [-0.15, -0.1) is 0 Å². The van der Waals surface area contributed by atoms with Crippen molar-refractivity contribution >= 4 is 40.2 Å². The molecule has 4 rings (SSSR count). The Hall–Kier alpha value is -2.75. The average molecular weight is 376 g/mol. The lowest BCUT2D eigenvalue weighted by Gasteiger charge is -2.44. The Morgan fingerprint density at radius 3 is 2.37 bits per heavy atom. The summed E-state index contributed by atoms with van der Waals surface area (Å²) in [5.41, 5.74) is 3.72. The second kappa shape index (κ2) is 6.45. The first kappa shape index (κ1) is 17.7. The molecular formula is C21H20N4OS. The topological polar surface area (TPSA) is 54.9 Å². The first-order valence-corrected chi connectivity index (χ1v) is 9.34. The lowest BCUT2D eigenvalue weighted by molar-refractivity contribution is 0.282. The number of hydrogen-bond donors (Lipinski definition) is 2. The first-order valence-electron chi connectivity index (χ1n) is 8.93. The molecule has 0 amide bonds. The number of aliphatic hydroxyl groups is 1. The molecule has 2 N–H and O–H groups in total. The molecule has 1 saturated heterocycles. The van der Waals surface area contributed by atoms with E-state index in [1.54, 1.807) is 6.07 Å². The highest BCUT2D eigenvalue weighted by Gasteiger charge is 2.57. The van der Waals surface area contributed by atoms with Crippen LogP contribution >= 0.6 is 12.2 Å². The molecule has 5 nitrogen and oxygen atoms in total. The third kappa shape index (κ3) is 2.54. The van der Waals surface area contributed by atoms with E-state index in [4.69, 9.17) is 24.2 Å². The largest absolute Gasteiger partial charge is 0.392 e. The number of anilines is 2. The number of aryl methyl sites for hydroxylation is 1. The smallest absolute Gasteiger partial charge is 0.190 e. The maximum Gasteiger partial charge on any atom is 0.190 e. The number of nitrogens with zero attached hydrogens (tertiary/aromatic N) is 3. The number of thiocarbonyl (C=S) groups is 1. The molecule has 2 aliphatic rings. The highest BCUT2D eigenvalue weighted by Crippen LogP contribution is 2.48. The van der Waals surface area contributed by atoms with Crippen LogP contribution in [0, 0.1) is 18.9 Å². The van der Waals surface area contributed by atoms with Gasteiger partial charge < -0.3 is 10.0 Å². The van der Waals surface area contributed by atoms with Crippen molar-refractivity contribution < 1.29 is 5.11 Å². The van der Waals surface area contributed by atoms with E-state index in [9.17, 15) is 5.11 Å². The van der Waals surface area contributed by atoms with Gasteiger partial charge in [-0.1, -0.05) is 18.2 Å². The van der Waals surface area contributed by atoms with Crippen molar-refractivity contribution in [2.45, 2.75) is 38.3 Å². The van der Waals surface area contributed by atoms with Crippen molar-refractivity contribution in [3.8, 4) is 0 Å². The second-order valence-corrected chi connectivity index (χ2v) is 7.46. The molecule has 1 saturated carbocycles. The van der Waals surface area contributed by atoms with Crippen LogP contribution in [0.3, 0.4) is 0 Å². The molecule has 0 aromatic heterocycles. The molecule has 1 aliphatic carbocycles. The SMILES string of the molecule is [C-]#[N+]c1ccc(N2C(=N)C3(CCC3)N(c3ccc(CO)cc3)C2=S)cc1C. The number of amidine groups is 1. The Kier molecular flexibility index (Phi) is 4.22. The highest BCUT2D eigenvalue weighted by atomic mass is 32.1. The van der Waals surface area contributed by atoms with E-state index in [1.165, 1.54) is 0 Å². The molecule has 27 heavy (non-hydrogen) atoms. The number of nitrogens with one attached hydrogen (secondary N) is 1. The summed E-state index contributed by atoms with van der Waals surface area (Å²) in [5.74, 6) is 0.500. The number of aliphatic hydroxyl groups excluding tert-OH is 1. The Morgan fingerprint density at radius 1 is 1.19 bits per heavy atom. The van der Waals surface area contributed by atoms with Crippen molar-refractivity contribution in [3.63, 3.8) is 0 Å². The van der Waals surface area contributed by atoms with Crippen molar-refractivity contribution in [2.75, 3.05) is 9.80 Å². The summed E-state index contributed by atoms with van der Waals surface area (Å²) in [7, 11) is 0. The molecule has 2 aromatic carbocycles. The third-order valence-electron chi connectivity index (χ3n) is 5.59. The van der Waals surface area contributed by atoms with Gasteiger partial charge in [-0.2, -0.15) is 0 Å². The summed E-state index contributed by atoms with van der Waals surface area (Å²) < 4.78 is 0. The Bertz CT molecular complexity index is 973. The fourth-order valence-corrected chi connectivity index (χ4v) is 4.39. The van der Waals surface area contributed by atoms with Crippen LogP contribution in [-0.2, 0) is 6.61 Å². The van der Waals surface area contributed by atoms with Crippen molar-refractivity contribution in [3.05, 3.63) is 65.0 Å². The molecule has 1 aliphatic heterocycles. The summed E-state index contributed by atoms with van der Waals surface area (Å²) in [6.45, 7) is 9.15. The third-order valence-corrected chi connectivity index (χ3v) is 5.96. The van der Waals surface area contributed by atoms with E-state index < -0.39 is 5.54 Å². The van der Waals surface area contributed by atoms with E-state index in [0.717, 1.165) is 41.8 Å². The Morgan fingerprint density at radius 2 is 1.85 bits per heavy atom. The van der Waals surface area contributed by atoms with E-state index in [-0.39, 0.29) is 6.61 Å². The molecule has 136 valence electrons. The molecule has 2 fully saturated rings. The summed E-state index contributed by atoms with van der Waals surface area (Å²) in [4.78, 5) is 7.44. The normalized spacial score (nSPS) is 18.0. The Balaban J connectivity index is 1.77. The van der Waals surface area contributed by atoms with Gasteiger partial charge in [0.2, 0.25) is 0 Å². The molecule has 0 unspecified atom stereocenters. The summed E-state index contributed by atoms with van der Waals surface area (Å²) in [6, 6.07) is 13.3. The number of rotatable bonds is 3. The number of hydrogen-bond acceptors (Lipinski definition) is 3. The van der Waals surface area contributed by atoms with Gasteiger partial charge in [-0.25, -0.2) is 4.85 Å². The standard InChI is InChI=1S/C21H20N4OS/c1-14-12-17(8-9-18(14)23-2)24-19(22)21(10-3-11-21)25(20(24)27)16-6-4-15(13-26)5-7-16/h4-9,12,22,26H,3,10-11,13H2,1H3. The van der Waals surface area contributed by atoms with Crippen LogP contribution in [0.2, 0.25) is 0 Å². The van der Waals surface area contributed by atoms with Gasteiger partial charge in [0.05, 0.1) is 13.2 Å². The molecule has 2 aromatic rings. The fraction of sp³-hybridized carbons (Fsp3) is 0.286. The van der Waals surface area contributed by atoms with E-state index >= 15 is 0 Å². The molecule has 1 heterocycles. The van der Waals surface area contributed by atoms with Gasteiger partial charge in [0.15, 0.2) is 10.8 Å². The lowest BCUT2D eigenvalue weighted by Crippen LogP contribution is -2.55. The van der Waals surface area contributed by atoms with E-state index in [2.05, 4.69) is 9.74 Å². The quantitative estimate of drug-likeness (QED) is 0.610. The van der Waals surface area contributed by atoms with Crippen LogP contribution in [0.15, 0.2) is 42.5 Å². The summed E-state index contributed by atoms with van der Waals surface area (Å²) >= 11 is 5.82. The summed E-state index contributed by atoms with van der Waals surface area (Å²) in [5, 5.41) is 18.8. The minimum atomic E-state index is -0.399. The minimum Gasteiger partial charge on any atom is -0.392 e. The van der Waals surface area contributed by atoms with Crippen LogP contribution in [0.25, 0.3) is 4.85 Å². The lowest BCUT2D eigenvalue weighted by atomic mass is 9.75. The maximum atomic E-state index is 9.30. The van der Waals surface area contributed by atoms with Gasteiger partial charge in [-0.05, 0) is 73.8 Å². The molecule has 0 radical (unpaired) electrons. The van der Waals surface area contributed by atoms with E-state index in [0.29, 0.717) is 16.6 Å². The van der Waals surface area contributed by atoms with Gasteiger partial charge >= 0.3 is 0 Å². The van der Waals surface area contributed by atoms with Gasteiger partial charge in [-0.3, -0.25) is 10.3 Å². The van der Waals surface area contributed by atoms with Gasteiger partial charge in [0, 0.05) is 11.4 Å². The second-order valence-electron chi connectivity index (χ2n) is 7.09. The average Bonchev–Trinajstić information content (AvgIpc) is 2.88. The van der Waals surface area contributed by atoms with Crippen molar-refractivity contribution in [2.24, 2.45) is 0 Å². The van der Waals surface area contributed by atoms with Crippen LogP contribution in [-0.4, -0.2) is 21.6 Å². The first-order chi connectivity index (χ1) is 13.0. The molecule has 1 spiro atoms.